The predicted octanol–water partition coefficient (Wildman–Crippen LogP) is 2.23. The number of rotatable bonds is 3. The van der Waals surface area contributed by atoms with Gasteiger partial charge in [-0.3, -0.25) is 0 Å². The molecule has 1 aliphatic heterocycles. The minimum atomic E-state index is 0.190. The maximum atomic E-state index is 6.04. The van der Waals surface area contributed by atoms with Gasteiger partial charge in [-0.25, -0.2) is 4.99 Å². The fraction of sp³-hybridized carbons (Fsp3) is 0.533. The van der Waals surface area contributed by atoms with Gasteiger partial charge in [0.05, 0.1) is 6.54 Å². The molecule has 3 rings (SSSR count). The minimum Gasteiger partial charge on any atom is -0.476 e. The van der Waals surface area contributed by atoms with Crippen molar-refractivity contribution in [1.29, 1.82) is 0 Å². The van der Waals surface area contributed by atoms with Crippen LogP contribution >= 0.6 is 0 Å². The van der Waals surface area contributed by atoms with Gasteiger partial charge < -0.3 is 10.5 Å². The van der Waals surface area contributed by atoms with Crippen LogP contribution in [0, 0.1) is 0 Å². The van der Waals surface area contributed by atoms with E-state index in [1.54, 1.807) is 0 Å². The maximum absolute atomic E-state index is 6.04. The lowest BCUT2D eigenvalue weighted by Crippen LogP contribution is -2.32. The monoisotopic (exact) mass is 244 g/mol. The molecule has 0 amide bonds. The second-order valence-electron chi connectivity index (χ2n) is 5.31. The number of nitrogens with two attached hydrogens (primary N) is 1. The highest BCUT2D eigenvalue weighted by Crippen LogP contribution is 2.40. The Hall–Kier alpha value is -1.35. The van der Waals surface area contributed by atoms with E-state index in [2.05, 4.69) is 29.3 Å². The summed E-state index contributed by atoms with van der Waals surface area (Å²) in [7, 11) is 0. The fourth-order valence-corrected chi connectivity index (χ4v) is 3.15. The second kappa shape index (κ2) is 4.73. The van der Waals surface area contributed by atoms with Gasteiger partial charge in [0.15, 0.2) is 0 Å². The van der Waals surface area contributed by atoms with Crippen LogP contribution in [0.1, 0.15) is 36.8 Å². The number of aliphatic imine (C=N–C) groups is 1. The summed E-state index contributed by atoms with van der Waals surface area (Å²) in [5.41, 5.74) is 8.69. The Morgan fingerprint density at radius 2 is 2.11 bits per heavy atom. The third-order valence-electron chi connectivity index (χ3n) is 4.26. The van der Waals surface area contributed by atoms with Crippen molar-refractivity contribution in [3.8, 4) is 0 Å². The van der Waals surface area contributed by atoms with E-state index in [4.69, 9.17) is 10.5 Å². The SMILES string of the molecule is NCC1(c2cccc(C3=NCCO3)c2)CCCC1. The smallest absolute Gasteiger partial charge is 0.216 e. The molecule has 0 saturated heterocycles. The van der Waals surface area contributed by atoms with Gasteiger partial charge in [-0.05, 0) is 30.5 Å². The number of hydrogen-bond acceptors (Lipinski definition) is 3. The molecule has 2 N–H and O–H groups in total. The largest absolute Gasteiger partial charge is 0.476 e. The lowest BCUT2D eigenvalue weighted by molar-refractivity contribution is 0.348. The van der Waals surface area contributed by atoms with E-state index in [1.165, 1.54) is 31.2 Å². The highest BCUT2D eigenvalue weighted by Gasteiger charge is 2.34. The molecular weight excluding hydrogens is 224 g/mol. The van der Waals surface area contributed by atoms with Gasteiger partial charge in [0.25, 0.3) is 0 Å². The van der Waals surface area contributed by atoms with Crippen molar-refractivity contribution in [2.75, 3.05) is 19.7 Å². The topological polar surface area (TPSA) is 47.6 Å². The zero-order valence-corrected chi connectivity index (χ0v) is 10.7. The molecule has 1 fully saturated rings. The number of nitrogens with zero attached hydrogens (tertiary/aromatic N) is 1. The zero-order valence-electron chi connectivity index (χ0n) is 10.7. The van der Waals surface area contributed by atoms with Gasteiger partial charge in [-0.1, -0.05) is 25.0 Å². The minimum absolute atomic E-state index is 0.190. The van der Waals surface area contributed by atoms with Gasteiger partial charge >= 0.3 is 0 Å². The summed E-state index contributed by atoms with van der Waals surface area (Å²) in [5.74, 6) is 0.794. The highest BCUT2D eigenvalue weighted by atomic mass is 16.5. The molecule has 3 nitrogen and oxygen atoms in total. The van der Waals surface area contributed by atoms with Gasteiger partial charge in [0.1, 0.15) is 6.61 Å². The van der Waals surface area contributed by atoms with E-state index in [0.29, 0.717) is 6.61 Å². The van der Waals surface area contributed by atoms with Gasteiger partial charge in [-0.2, -0.15) is 0 Å². The third kappa shape index (κ3) is 1.93. The molecule has 2 aliphatic rings. The molecule has 0 radical (unpaired) electrons. The van der Waals surface area contributed by atoms with E-state index in [1.807, 2.05) is 0 Å². The van der Waals surface area contributed by atoms with Crippen LogP contribution in [0.4, 0.5) is 0 Å². The zero-order chi connectivity index (χ0) is 12.4. The summed E-state index contributed by atoms with van der Waals surface area (Å²) in [6.45, 7) is 2.23. The summed E-state index contributed by atoms with van der Waals surface area (Å²) in [6.07, 6.45) is 5.00. The highest BCUT2D eigenvalue weighted by molar-refractivity contribution is 5.95. The number of benzene rings is 1. The summed E-state index contributed by atoms with van der Waals surface area (Å²) in [4.78, 5) is 4.39. The van der Waals surface area contributed by atoms with Crippen LogP contribution in [0.2, 0.25) is 0 Å². The average molecular weight is 244 g/mol. The first-order chi connectivity index (χ1) is 8.84. The quantitative estimate of drug-likeness (QED) is 0.886. The Kier molecular flexibility index (Phi) is 3.08. The maximum Gasteiger partial charge on any atom is 0.216 e. The van der Waals surface area contributed by atoms with Crippen molar-refractivity contribution < 1.29 is 4.74 Å². The van der Waals surface area contributed by atoms with E-state index >= 15 is 0 Å². The van der Waals surface area contributed by atoms with Gasteiger partial charge in [0, 0.05) is 17.5 Å². The third-order valence-corrected chi connectivity index (χ3v) is 4.26. The molecule has 1 aromatic carbocycles. The van der Waals surface area contributed by atoms with Crippen LogP contribution in [0.3, 0.4) is 0 Å². The molecule has 96 valence electrons. The van der Waals surface area contributed by atoms with Crippen LogP contribution in [-0.4, -0.2) is 25.6 Å². The Labute approximate surface area is 108 Å². The van der Waals surface area contributed by atoms with Crippen LogP contribution < -0.4 is 5.73 Å². The molecule has 3 heteroatoms. The van der Waals surface area contributed by atoms with Crippen LogP contribution in [-0.2, 0) is 10.2 Å². The Balaban J connectivity index is 1.95. The van der Waals surface area contributed by atoms with Crippen LogP contribution in [0.25, 0.3) is 0 Å². The molecule has 0 spiro atoms. The van der Waals surface area contributed by atoms with E-state index in [-0.39, 0.29) is 5.41 Å². The molecule has 0 atom stereocenters. The molecule has 1 heterocycles. The number of hydrogen-bond donors (Lipinski definition) is 1. The van der Waals surface area contributed by atoms with E-state index < -0.39 is 0 Å². The number of ether oxygens (including phenoxy) is 1. The summed E-state index contributed by atoms with van der Waals surface area (Å²) in [6, 6.07) is 8.61. The standard InChI is InChI=1S/C15H20N2O/c16-11-15(6-1-2-7-15)13-5-3-4-12(10-13)14-17-8-9-18-14/h3-5,10H,1-2,6-9,11,16H2. The predicted molar refractivity (Wildman–Crippen MR) is 73.0 cm³/mol. The lowest BCUT2D eigenvalue weighted by atomic mass is 9.78. The summed E-state index contributed by atoms with van der Waals surface area (Å²) >= 11 is 0. The second-order valence-corrected chi connectivity index (χ2v) is 5.31. The van der Waals surface area contributed by atoms with Crippen molar-refractivity contribution >= 4 is 5.90 Å². The molecule has 1 aromatic rings. The first-order valence-electron chi connectivity index (χ1n) is 6.82. The van der Waals surface area contributed by atoms with Crippen molar-refractivity contribution in [1.82, 2.24) is 0 Å². The van der Waals surface area contributed by atoms with Crippen molar-refractivity contribution in [3.05, 3.63) is 35.4 Å². The van der Waals surface area contributed by atoms with Crippen LogP contribution in [0.15, 0.2) is 29.3 Å². The lowest BCUT2D eigenvalue weighted by Gasteiger charge is -2.28. The van der Waals surface area contributed by atoms with Gasteiger partial charge in [0.2, 0.25) is 5.90 Å². The Morgan fingerprint density at radius 1 is 1.28 bits per heavy atom. The molecule has 0 bridgehead atoms. The summed E-state index contributed by atoms with van der Waals surface area (Å²) in [5, 5.41) is 0. The molecule has 18 heavy (non-hydrogen) atoms. The normalized spacial score (nSPS) is 21.7. The van der Waals surface area contributed by atoms with Crippen molar-refractivity contribution in [3.63, 3.8) is 0 Å². The van der Waals surface area contributed by atoms with E-state index in [9.17, 15) is 0 Å². The average Bonchev–Trinajstić information content (AvgIpc) is 3.11. The Morgan fingerprint density at radius 3 is 2.78 bits per heavy atom. The Bertz CT molecular complexity index is 461. The van der Waals surface area contributed by atoms with E-state index in [0.717, 1.165) is 24.6 Å². The molecule has 0 aromatic heterocycles. The summed E-state index contributed by atoms with van der Waals surface area (Å²) < 4.78 is 5.54. The molecule has 1 aliphatic carbocycles. The molecule has 1 saturated carbocycles. The van der Waals surface area contributed by atoms with Crippen molar-refractivity contribution in [2.45, 2.75) is 31.1 Å². The molecular formula is C15H20N2O. The van der Waals surface area contributed by atoms with Crippen LogP contribution in [0.5, 0.6) is 0 Å². The first-order valence-corrected chi connectivity index (χ1v) is 6.82. The fourth-order valence-electron chi connectivity index (χ4n) is 3.15. The van der Waals surface area contributed by atoms with Crippen molar-refractivity contribution in [2.24, 2.45) is 10.7 Å². The molecule has 0 unspecified atom stereocenters. The van der Waals surface area contributed by atoms with Gasteiger partial charge in [-0.15, -0.1) is 0 Å². The first kappa shape index (κ1) is 11.7.